The average Bonchev–Trinajstić information content (AvgIpc) is 2.79. The molecule has 118 valence electrons. The summed E-state index contributed by atoms with van der Waals surface area (Å²) in [6.07, 6.45) is 0.248. The summed E-state index contributed by atoms with van der Waals surface area (Å²) in [5.74, 6) is -2.11. The molecule has 8 nitrogen and oxygen atoms in total. The van der Waals surface area contributed by atoms with Crippen LogP contribution in [0.5, 0.6) is 0 Å². The molecule has 2 rings (SSSR count). The number of imide groups is 1. The number of hydrogen-bond acceptors (Lipinski definition) is 6. The van der Waals surface area contributed by atoms with Crippen molar-refractivity contribution >= 4 is 17.8 Å². The number of rotatable bonds is 5. The number of nitrogens with zero attached hydrogens (tertiary/aromatic N) is 3. The minimum Gasteiger partial charge on any atom is -0.505 e. The number of aliphatic hydroxyl groups is 1. The van der Waals surface area contributed by atoms with Gasteiger partial charge in [0, 0.05) is 6.42 Å². The first-order valence-electron chi connectivity index (χ1n) is 6.75. The molecule has 0 bridgehead atoms. The number of fused-ring (bicyclic) bond motifs is 1. The molecule has 8 heteroatoms. The van der Waals surface area contributed by atoms with Crippen LogP contribution in [0.15, 0.2) is 36.2 Å². The Labute approximate surface area is 131 Å². The molecule has 1 aliphatic rings. The molecule has 2 amide bonds. The monoisotopic (exact) mass is 316 g/mol. The number of amides is 2. The second kappa shape index (κ2) is 6.70. The highest BCUT2D eigenvalue weighted by Crippen LogP contribution is 2.28. The molecule has 1 aromatic carbocycles. The standard InChI is InChI=1S/C15H13N3O5/c1-23-13(20)7-9(6-10(19)8-17-16)18-14(21)11-4-2-3-5-12(11)15(18)22/h2-5,8-9H,6-7H2,1H3/p+1. The van der Waals surface area contributed by atoms with E-state index in [-0.39, 0.29) is 29.7 Å². The number of hydrogen-bond donors (Lipinski definition) is 1. The van der Waals surface area contributed by atoms with Gasteiger partial charge in [0.05, 0.1) is 30.7 Å². The predicted octanol–water partition coefficient (Wildman–Crippen LogP) is 1.86. The summed E-state index contributed by atoms with van der Waals surface area (Å²) >= 11 is 0. The third-order valence-corrected chi connectivity index (χ3v) is 3.47. The van der Waals surface area contributed by atoms with E-state index in [0.717, 1.165) is 11.1 Å². The Morgan fingerprint density at radius 2 is 1.87 bits per heavy atom. The van der Waals surface area contributed by atoms with Crippen LogP contribution in [-0.2, 0) is 9.53 Å². The molecular formula is C15H14N3O5+. The van der Waals surface area contributed by atoms with E-state index >= 15 is 0 Å². The lowest BCUT2D eigenvalue weighted by Crippen LogP contribution is -2.41. The van der Waals surface area contributed by atoms with Crippen LogP contribution in [0, 0.1) is 5.39 Å². The van der Waals surface area contributed by atoms with Crippen LogP contribution in [0.1, 0.15) is 33.6 Å². The number of carbonyl (C=O) groups excluding carboxylic acids is 3. The Morgan fingerprint density at radius 3 is 2.35 bits per heavy atom. The van der Waals surface area contributed by atoms with E-state index in [1.807, 2.05) is 0 Å². The minimum atomic E-state index is -0.951. The fourth-order valence-electron chi connectivity index (χ4n) is 2.43. The Balaban J connectivity index is 2.34. The van der Waals surface area contributed by atoms with E-state index in [1.54, 1.807) is 12.1 Å². The predicted molar refractivity (Wildman–Crippen MR) is 77.8 cm³/mol. The quantitative estimate of drug-likeness (QED) is 0.384. The maximum atomic E-state index is 12.4. The summed E-state index contributed by atoms with van der Waals surface area (Å²) in [5.41, 5.74) is 0.477. The van der Waals surface area contributed by atoms with E-state index in [2.05, 4.69) is 9.71 Å². The van der Waals surface area contributed by atoms with Crippen LogP contribution in [0.25, 0.3) is 4.98 Å². The smallest absolute Gasteiger partial charge is 0.387 e. The van der Waals surface area contributed by atoms with Crippen molar-refractivity contribution in [2.45, 2.75) is 18.9 Å². The lowest BCUT2D eigenvalue weighted by Gasteiger charge is -2.24. The first kappa shape index (κ1) is 16.2. The van der Waals surface area contributed by atoms with E-state index in [9.17, 15) is 19.5 Å². The highest BCUT2D eigenvalue weighted by molar-refractivity contribution is 6.21. The van der Waals surface area contributed by atoms with Gasteiger partial charge in [-0.2, -0.15) is 0 Å². The molecule has 1 heterocycles. The SMILES string of the molecule is COC(=O)CC(CC(O)=C[N+]#N)N1C(=O)c2ccccc2C1=O. The fourth-order valence-corrected chi connectivity index (χ4v) is 2.43. The van der Waals surface area contributed by atoms with Crippen LogP contribution in [0.2, 0.25) is 0 Å². The molecule has 0 fully saturated rings. The maximum Gasteiger partial charge on any atom is 0.387 e. The molecule has 1 N–H and O–H groups in total. The molecular weight excluding hydrogens is 302 g/mol. The van der Waals surface area contributed by atoms with Crippen LogP contribution >= 0.6 is 0 Å². The van der Waals surface area contributed by atoms with Gasteiger partial charge < -0.3 is 9.84 Å². The van der Waals surface area contributed by atoms with Gasteiger partial charge in [-0.3, -0.25) is 19.3 Å². The highest BCUT2D eigenvalue weighted by Gasteiger charge is 2.41. The summed E-state index contributed by atoms with van der Waals surface area (Å²) < 4.78 is 4.57. The molecule has 0 radical (unpaired) electrons. The van der Waals surface area contributed by atoms with Crippen molar-refractivity contribution in [1.29, 1.82) is 5.39 Å². The number of methoxy groups -OCH3 is 1. The summed E-state index contributed by atoms with van der Waals surface area (Å²) in [6.45, 7) is 0. The molecule has 0 saturated carbocycles. The lowest BCUT2D eigenvalue weighted by molar-refractivity contribution is -0.141. The van der Waals surface area contributed by atoms with Crippen molar-refractivity contribution in [3.05, 3.63) is 52.3 Å². The Bertz CT molecular complexity index is 700. The molecule has 23 heavy (non-hydrogen) atoms. The van der Waals surface area contributed by atoms with Gasteiger partial charge >= 0.3 is 12.2 Å². The van der Waals surface area contributed by atoms with E-state index in [4.69, 9.17) is 5.39 Å². The van der Waals surface area contributed by atoms with Gasteiger partial charge in [-0.05, 0) is 12.1 Å². The van der Waals surface area contributed by atoms with E-state index in [0.29, 0.717) is 0 Å². The van der Waals surface area contributed by atoms with Crippen LogP contribution in [0.3, 0.4) is 0 Å². The van der Waals surface area contributed by atoms with Crippen molar-refractivity contribution in [3.8, 4) is 0 Å². The molecule has 1 aliphatic heterocycles. The summed E-state index contributed by atoms with van der Waals surface area (Å²) in [4.78, 5) is 40.0. The number of esters is 1. The summed E-state index contributed by atoms with van der Waals surface area (Å²) in [5, 5.41) is 18.1. The molecule has 1 unspecified atom stereocenters. The molecule has 1 aromatic rings. The average molecular weight is 316 g/mol. The number of carbonyl (C=O) groups is 3. The third kappa shape index (κ3) is 3.18. The zero-order chi connectivity index (χ0) is 17.0. The zero-order valence-corrected chi connectivity index (χ0v) is 12.3. The Morgan fingerprint density at radius 1 is 1.30 bits per heavy atom. The fraction of sp³-hybridized carbons (Fsp3) is 0.267. The van der Waals surface area contributed by atoms with Gasteiger partial charge in [-0.25, -0.2) is 0 Å². The minimum absolute atomic E-state index is 0.232. The second-order valence-corrected chi connectivity index (χ2v) is 4.90. The largest absolute Gasteiger partial charge is 0.505 e. The Kier molecular flexibility index (Phi) is 4.71. The number of ether oxygens (including phenoxy) is 1. The topological polar surface area (TPSA) is 112 Å². The van der Waals surface area contributed by atoms with Gasteiger partial charge in [0.15, 0.2) is 10.7 Å². The van der Waals surface area contributed by atoms with Crippen molar-refractivity contribution in [1.82, 2.24) is 4.90 Å². The normalized spacial score (nSPS) is 15.1. The van der Waals surface area contributed by atoms with Gasteiger partial charge in [-0.1, -0.05) is 12.1 Å². The molecule has 0 aliphatic carbocycles. The summed E-state index contributed by atoms with van der Waals surface area (Å²) in [7, 11) is 1.18. The molecule has 0 aromatic heterocycles. The number of aliphatic hydroxyl groups excluding tert-OH is 1. The lowest BCUT2D eigenvalue weighted by atomic mass is 10.1. The number of benzene rings is 1. The third-order valence-electron chi connectivity index (χ3n) is 3.47. The van der Waals surface area contributed by atoms with Gasteiger partial charge in [0.2, 0.25) is 5.39 Å². The van der Waals surface area contributed by atoms with Crippen molar-refractivity contribution in [3.63, 3.8) is 0 Å². The van der Waals surface area contributed by atoms with E-state index < -0.39 is 23.8 Å². The van der Waals surface area contributed by atoms with Gasteiger partial charge in [-0.15, -0.1) is 0 Å². The van der Waals surface area contributed by atoms with Crippen molar-refractivity contribution in [2.24, 2.45) is 0 Å². The first-order chi connectivity index (χ1) is 11.0. The van der Waals surface area contributed by atoms with Gasteiger partial charge in [0.25, 0.3) is 11.8 Å². The van der Waals surface area contributed by atoms with Crippen molar-refractivity contribution in [2.75, 3.05) is 7.11 Å². The Hall–Kier alpha value is -3.21. The molecule has 1 atom stereocenters. The van der Waals surface area contributed by atoms with E-state index in [1.165, 1.54) is 19.2 Å². The van der Waals surface area contributed by atoms with Gasteiger partial charge in [0.1, 0.15) is 0 Å². The summed E-state index contributed by atoms with van der Waals surface area (Å²) in [6, 6.07) is 5.34. The highest BCUT2D eigenvalue weighted by atomic mass is 16.5. The maximum absolute atomic E-state index is 12.4. The molecule has 0 saturated heterocycles. The first-order valence-corrected chi connectivity index (χ1v) is 6.75. The van der Waals surface area contributed by atoms with Crippen LogP contribution in [-0.4, -0.2) is 40.9 Å². The van der Waals surface area contributed by atoms with Crippen molar-refractivity contribution < 1.29 is 24.2 Å². The second-order valence-electron chi connectivity index (χ2n) is 4.90. The van der Waals surface area contributed by atoms with Crippen LogP contribution < -0.4 is 0 Å². The molecule has 0 spiro atoms. The zero-order valence-electron chi connectivity index (χ0n) is 12.3. The van der Waals surface area contributed by atoms with Crippen LogP contribution in [0.4, 0.5) is 0 Å². The number of diazo groups is 1.